The van der Waals surface area contributed by atoms with E-state index in [1.807, 2.05) is 0 Å². The third-order valence-corrected chi connectivity index (χ3v) is 2.84. The van der Waals surface area contributed by atoms with Gasteiger partial charge in [-0.2, -0.15) is 0 Å². The standard InChI is InChI=1S/C12H23NO/c1-3-5-7-11(6-4-2)13-12(14)10-8-9-10/h10-11H,3-9H2,1-2H3,(H,13,14). The zero-order chi connectivity index (χ0) is 10.4. The van der Waals surface area contributed by atoms with Crippen molar-refractivity contribution < 1.29 is 4.79 Å². The first-order valence-electron chi connectivity index (χ1n) is 6.08. The second kappa shape index (κ2) is 6.05. The average molecular weight is 197 g/mol. The second-order valence-corrected chi connectivity index (χ2v) is 4.41. The van der Waals surface area contributed by atoms with Crippen molar-refractivity contribution >= 4 is 5.91 Å². The molecule has 0 saturated heterocycles. The quantitative estimate of drug-likeness (QED) is 0.668. The molecular formula is C12H23NO. The largest absolute Gasteiger partial charge is 0.353 e. The topological polar surface area (TPSA) is 29.1 Å². The lowest BCUT2D eigenvalue weighted by Gasteiger charge is -2.17. The fourth-order valence-corrected chi connectivity index (χ4v) is 1.75. The van der Waals surface area contributed by atoms with Gasteiger partial charge in [0, 0.05) is 12.0 Å². The van der Waals surface area contributed by atoms with E-state index in [-0.39, 0.29) is 0 Å². The molecule has 2 heteroatoms. The highest BCUT2D eigenvalue weighted by Crippen LogP contribution is 2.29. The first kappa shape index (κ1) is 11.5. The SMILES string of the molecule is CCCCC(CCC)NC(=O)C1CC1. The summed E-state index contributed by atoms with van der Waals surface area (Å²) in [5.41, 5.74) is 0. The summed E-state index contributed by atoms with van der Waals surface area (Å²) < 4.78 is 0. The van der Waals surface area contributed by atoms with Crippen molar-refractivity contribution in [1.29, 1.82) is 0 Å². The van der Waals surface area contributed by atoms with Crippen LogP contribution in [-0.2, 0) is 4.79 Å². The molecule has 0 aromatic heterocycles. The maximum atomic E-state index is 11.5. The van der Waals surface area contributed by atoms with Gasteiger partial charge >= 0.3 is 0 Å². The minimum Gasteiger partial charge on any atom is -0.353 e. The Balaban J connectivity index is 2.21. The van der Waals surface area contributed by atoms with E-state index in [0.29, 0.717) is 17.9 Å². The summed E-state index contributed by atoms with van der Waals surface area (Å²) in [6.45, 7) is 4.38. The van der Waals surface area contributed by atoms with Gasteiger partial charge in [0.05, 0.1) is 0 Å². The normalized spacial score (nSPS) is 17.9. The van der Waals surface area contributed by atoms with Gasteiger partial charge in [0.15, 0.2) is 0 Å². The zero-order valence-corrected chi connectivity index (χ0v) is 9.51. The van der Waals surface area contributed by atoms with E-state index in [1.54, 1.807) is 0 Å². The predicted octanol–water partition coefficient (Wildman–Crippen LogP) is 2.87. The van der Waals surface area contributed by atoms with Crippen molar-refractivity contribution in [2.75, 3.05) is 0 Å². The van der Waals surface area contributed by atoms with Gasteiger partial charge in [-0.15, -0.1) is 0 Å². The number of carbonyl (C=O) groups excluding carboxylic acids is 1. The van der Waals surface area contributed by atoms with Crippen LogP contribution in [-0.4, -0.2) is 11.9 Å². The van der Waals surface area contributed by atoms with Crippen molar-refractivity contribution in [1.82, 2.24) is 5.32 Å². The number of carbonyl (C=O) groups is 1. The molecular weight excluding hydrogens is 174 g/mol. The van der Waals surface area contributed by atoms with Crippen molar-refractivity contribution in [2.45, 2.75) is 64.8 Å². The van der Waals surface area contributed by atoms with Crippen LogP contribution in [0, 0.1) is 5.92 Å². The van der Waals surface area contributed by atoms with Crippen LogP contribution in [0.25, 0.3) is 0 Å². The molecule has 0 spiro atoms. The molecule has 1 unspecified atom stereocenters. The van der Waals surface area contributed by atoms with E-state index in [0.717, 1.165) is 25.7 Å². The third-order valence-electron chi connectivity index (χ3n) is 2.84. The molecule has 1 saturated carbocycles. The van der Waals surface area contributed by atoms with Gasteiger partial charge in [-0.1, -0.05) is 33.1 Å². The summed E-state index contributed by atoms with van der Waals surface area (Å²) in [5.74, 6) is 0.663. The van der Waals surface area contributed by atoms with Gasteiger partial charge in [-0.25, -0.2) is 0 Å². The maximum absolute atomic E-state index is 11.5. The van der Waals surface area contributed by atoms with Gasteiger partial charge in [0.25, 0.3) is 0 Å². The molecule has 1 aliphatic carbocycles. The van der Waals surface area contributed by atoms with E-state index >= 15 is 0 Å². The van der Waals surface area contributed by atoms with Gasteiger partial charge in [0.2, 0.25) is 5.91 Å². The Bertz CT molecular complexity index is 175. The summed E-state index contributed by atoms with van der Waals surface area (Å²) in [6.07, 6.45) is 8.13. The second-order valence-electron chi connectivity index (χ2n) is 4.41. The fourth-order valence-electron chi connectivity index (χ4n) is 1.75. The van der Waals surface area contributed by atoms with Crippen LogP contribution in [0.1, 0.15) is 58.8 Å². The summed E-state index contributed by atoms with van der Waals surface area (Å²) >= 11 is 0. The molecule has 0 aromatic carbocycles. The lowest BCUT2D eigenvalue weighted by atomic mass is 10.0. The molecule has 0 aromatic rings. The molecule has 1 rings (SSSR count). The highest BCUT2D eigenvalue weighted by atomic mass is 16.2. The number of rotatable bonds is 7. The molecule has 0 heterocycles. The van der Waals surface area contributed by atoms with Crippen molar-refractivity contribution in [3.05, 3.63) is 0 Å². The molecule has 1 N–H and O–H groups in total. The molecule has 1 amide bonds. The van der Waals surface area contributed by atoms with Gasteiger partial charge in [-0.05, 0) is 25.7 Å². The average Bonchev–Trinajstić information content (AvgIpc) is 2.97. The Kier molecular flexibility index (Phi) is 4.99. The van der Waals surface area contributed by atoms with E-state index in [1.165, 1.54) is 19.3 Å². The highest BCUT2D eigenvalue weighted by Gasteiger charge is 2.30. The van der Waals surface area contributed by atoms with Crippen LogP contribution >= 0.6 is 0 Å². The third kappa shape index (κ3) is 4.12. The summed E-state index contributed by atoms with van der Waals surface area (Å²) in [7, 11) is 0. The molecule has 82 valence electrons. The zero-order valence-electron chi connectivity index (χ0n) is 9.51. The molecule has 0 bridgehead atoms. The van der Waals surface area contributed by atoms with Crippen LogP contribution in [0.4, 0.5) is 0 Å². The fraction of sp³-hybridized carbons (Fsp3) is 0.917. The molecule has 14 heavy (non-hydrogen) atoms. The van der Waals surface area contributed by atoms with Gasteiger partial charge in [-0.3, -0.25) is 4.79 Å². The minimum atomic E-state index is 0.305. The lowest BCUT2D eigenvalue weighted by molar-refractivity contribution is -0.123. The van der Waals surface area contributed by atoms with Crippen LogP contribution in [0.2, 0.25) is 0 Å². The van der Waals surface area contributed by atoms with Crippen molar-refractivity contribution in [3.8, 4) is 0 Å². The van der Waals surface area contributed by atoms with E-state index in [4.69, 9.17) is 0 Å². The molecule has 0 radical (unpaired) electrons. The summed E-state index contributed by atoms with van der Waals surface area (Å²) in [5, 5.41) is 3.18. The van der Waals surface area contributed by atoms with E-state index < -0.39 is 0 Å². The minimum absolute atomic E-state index is 0.305. The monoisotopic (exact) mass is 197 g/mol. The Morgan fingerprint density at radius 1 is 1.29 bits per heavy atom. The predicted molar refractivity (Wildman–Crippen MR) is 59.1 cm³/mol. The van der Waals surface area contributed by atoms with Crippen LogP contribution in [0.3, 0.4) is 0 Å². The Labute approximate surface area is 87.5 Å². The molecule has 0 aliphatic heterocycles. The lowest BCUT2D eigenvalue weighted by Crippen LogP contribution is -2.35. The summed E-state index contributed by atoms with van der Waals surface area (Å²) in [6, 6.07) is 0.438. The Hall–Kier alpha value is -0.530. The maximum Gasteiger partial charge on any atom is 0.223 e. The number of amides is 1. The first-order valence-corrected chi connectivity index (χ1v) is 6.08. The number of hydrogen-bond acceptors (Lipinski definition) is 1. The summed E-state index contributed by atoms with van der Waals surface area (Å²) in [4.78, 5) is 11.5. The number of nitrogens with one attached hydrogen (secondary N) is 1. The van der Waals surface area contributed by atoms with Gasteiger partial charge < -0.3 is 5.32 Å². The number of hydrogen-bond donors (Lipinski definition) is 1. The first-order chi connectivity index (χ1) is 6.77. The van der Waals surface area contributed by atoms with Crippen LogP contribution < -0.4 is 5.32 Å². The van der Waals surface area contributed by atoms with Crippen LogP contribution in [0.5, 0.6) is 0 Å². The smallest absolute Gasteiger partial charge is 0.223 e. The number of unbranched alkanes of at least 4 members (excludes halogenated alkanes) is 1. The molecule has 1 fully saturated rings. The molecule has 2 nitrogen and oxygen atoms in total. The van der Waals surface area contributed by atoms with E-state index in [9.17, 15) is 4.79 Å². The van der Waals surface area contributed by atoms with E-state index in [2.05, 4.69) is 19.2 Å². The van der Waals surface area contributed by atoms with Crippen molar-refractivity contribution in [2.24, 2.45) is 5.92 Å². The van der Waals surface area contributed by atoms with Crippen molar-refractivity contribution in [3.63, 3.8) is 0 Å². The van der Waals surface area contributed by atoms with Crippen LogP contribution in [0.15, 0.2) is 0 Å². The Morgan fingerprint density at radius 2 is 2.00 bits per heavy atom. The molecule has 1 atom stereocenters. The Morgan fingerprint density at radius 3 is 2.50 bits per heavy atom. The molecule has 1 aliphatic rings. The highest BCUT2D eigenvalue weighted by molar-refractivity contribution is 5.81. The van der Waals surface area contributed by atoms with Gasteiger partial charge in [0.1, 0.15) is 0 Å².